The lowest BCUT2D eigenvalue weighted by Crippen LogP contribution is -2.62. The Hall–Kier alpha value is -5.99. The van der Waals surface area contributed by atoms with Gasteiger partial charge in [0.15, 0.2) is 0 Å². The number of carboxylic acids is 1. The fraction of sp³-hybridized carbons (Fsp3) is 0.681. The van der Waals surface area contributed by atoms with Gasteiger partial charge in [-0.2, -0.15) is 0 Å². The number of carbonyl (C=O) groups is 9. The Bertz CT molecular complexity index is 1900. The van der Waals surface area contributed by atoms with Gasteiger partial charge in [-0.15, -0.1) is 0 Å². The van der Waals surface area contributed by atoms with Gasteiger partial charge in [0.25, 0.3) is 0 Å². The maximum atomic E-state index is 14.1. The summed E-state index contributed by atoms with van der Waals surface area (Å²) in [5.41, 5.74) is 28.5. The van der Waals surface area contributed by atoms with Gasteiger partial charge in [0.05, 0.1) is 24.5 Å². The maximum absolute atomic E-state index is 14.1. The Balaban J connectivity index is 3.45. The number of primary amides is 2. The Labute approximate surface area is 422 Å². The Morgan fingerprint density at radius 3 is 1.67 bits per heavy atom. The van der Waals surface area contributed by atoms with Crippen molar-refractivity contribution in [1.29, 1.82) is 0 Å². The predicted octanol–water partition coefficient (Wildman–Crippen LogP) is -2.95. The minimum atomic E-state index is -1.84. The van der Waals surface area contributed by atoms with Gasteiger partial charge in [-0.25, -0.2) is 5.43 Å². The average molecular weight is 1020 g/mol. The SMILES string of the molecule is CCC(NC(=O)C(Cc1ccc(O)cc1)NC(=O)C(NC(=O)C(CC(C)C)NC(O)C(CC(N)=O)NC(=O)C(CC(C)C)NC(=O)C(CCC(=O)O)NC(=O)C(CCCCN)NNCCN)C(C)C)C(N)=O. The van der Waals surface area contributed by atoms with E-state index in [2.05, 4.69) is 48.1 Å². The molecule has 8 amide bonds. The molecular weight excluding hydrogens is 939 g/mol. The van der Waals surface area contributed by atoms with Gasteiger partial charge >= 0.3 is 5.97 Å². The summed E-state index contributed by atoms with van der Waals surface area (Å²) in [5, 5.41) is 49.3. The molecule has 0 aliphatic rings. The van der Waals surface area contributed by atoms with Crippen LogP contribution in [0.15, 0.2) is 24.3 Å². The van der Waals surface area contributed by atoms with E-state index in [9.17, 15) is 58.5 Å². The van der Waals surface area contributed by atoms with Crippen molar-refractivity contribution in [3.05, 3.63) is 29.8 Å². The zero-order valence-corrected chi connectivity index (χ0v) is 42.8. The van der Waals surface area contributed by atoms with Gasteiger partial charge in [-0.05, 0) is 80.5 Å². The van der Waals surface area contributed by atoms with Gasteiger partial charge in [-0.3, -0.25) is 53.9 Å². The largest absolute Gasteiger partial charge is 0.508 e. The molecule has 1 aromatic rings. The number of aliphatic hydroxyl groups is 1. The number of hydrogen-bond donors (Lipinski definition) is 16. The zero-order valence-electron chi connectivity index (χ0n) is 42.8. The zero-order chi connectivity index (χ0) is 54.7. The number of aromatic hydroxyl groups is 1. The molecule has 1 aromatic carbocycles. The van der Waals surface area contributed by atoms with E-state index in [0.29, 0.717) is 37.9 Å². The normalized spacial score (nSPS) is 15.2. The summed E-state index contributed by atoms with van der Waals surface area (Å²) in [5.74, 6) is -8.70. The third-order valence-corrected chi connectivity index (χ3v) is 11.3. The number of phenolic OH excluding ortho intramolecular Hbond substituents is 1. The van der Waals surface area contributed by atoms with Crippen molar-refractivity contribution in [2.45, 2.75) is 167 Å². The number of nitrogens with two attached hydrogens (primary N) is 4. The van der Waals surface area contributed by atoms with E-state index >= 15 is 0 Å². The number of rotatable bonds is 37. The molecule has 9 atom stereocenters. The molecule has 408 valence electrons. The fourth-order valence-electron chi connectivity index (χ4n) is 7.37. The molecule has 0 saturated heterocycles. The number of aliphatic carboxylic acids is 1. The van der Waals surface area contributed by atoms with Crippen LogP contribution in [0.4, 0.5) is 0 Å². The lowest BCUT2D eigenvalue weighted by Gasteiger charge is -2.32. The molecule has 0 aliphatic carbocycles. The number of unbranched alkanes of at least 4 members (excludes halogenated alkanes) is 1. The molecule has 1 rings (SSSR count). The van der Waals surface area contributed by atoms with Gasteiger partial charge < -0.3 is 70.2 Å². The third-order valence-electron chi connectivity index (χ3n) is 11.3. The minimum Gasteiger partial charge on any atom is -0.508 e. The van der Waals surface area contributed by atoms with Crippen LogP contribution in [0.1, 0.15) is 112 Å². The summed E-state index contributed by atoms with van der Waals surface area (Å²) < 4.78 is 0. The van der Waals surface area contributed by atoms with Crippen LogP contribution >= 0.6 is 0 Å². The van der Waals surface area contributed by atoms with Crippen molar-refractivity contribution in [2.24, 2.45) is 40.7 Å². The van der Waals surface area contributed by atoms with E-state index in [-0.39, 0.29) is 56.2 Å². The number of hydrogen-bond acceptors (Lipinski definition) is 16. The molecule has 72 heavy (non-hydrogen) atoms. The van der Waals surface area contributed by atoms with Crippen LogP contribution in [-0.2, 0) is 49.6 Å². The Morgan fingerprint density at radius 2 is 1.14 bits per heavy atom. The van der Waals surface area contributed by atoms with Gasteiger partial charge in [0, 0.05) is 25.9 Å². The highest BCUT2D eigenvalue weighted by Gasteiger charge is 2.36. The van der Waals surface area contributed by atoms with Crippen LogP contribution in [-0.4, -0.2) is 143 Å². The van der Waals surface area contributed by atoms with Crippen LogP contribution in [0.5, 0.6) is 5.75 Å². The quantitative estimate of drug-likeness (QED) is 0.0180. The van der Waals surface area contributed by atoms with E-state index in [1.54, 1.807) is 60.6 Å². The van der Waals surface area contributed by atoms with Gasteiger partial charge in [0.1, 0.15) is 42.2 Å². The number of carbonyl (C=O) groups excluding carboxylic acids is 8. The van der Waals surface area contributed by atoms with Crippen LogP contribution < -0.4 is 71.0 Å². The van der Waals surface area contributed by atoms with E-state index < -0.39 is 127 Å². The van der Waals surface area contributed by atoms with Gasteiger partial charge in [-0.1, -0.05) is 67.0 Å². The molecule has 0 bridgehead atoms. The van der Waals surface area contributed by atoms with Crippen LogP contribution in [0.2, 0.25) is 0 Å². The lowest BCUT2D eigenvalue weighted by atomic mass is 9.98. The molecular formula is C47H83N13O12. The van der Waals surface area contributed by atoms with Gasteiger partial charge in [0.2, 0.25) is 47.3 Å². The number of benzene rings is 1. The van der Waals surface area contributed by atoms with Crippen molar-refractivity contribution in [3.8, 4) is 5.75 Å². The molecule has 9 unspecified atom stereocenters. The van der Waals surface area contributed by atoms with Crippen molar-refractivity contribution in [3.63, 3.8) is 0 Å². The second-order valence-electron chi connectivity index (χ2n) is 19.0. The summed E-state index contributed by atoms with van der Waals surface area (Å²) in [4.78, 5) is 119. The number of aliphatic hydroxyl groups excluding tert-OH is 1. The summed E-state index contributed by atoms with van der Waals surface area (Å²) >= 11 is 0. The topological polar surface area (TPSA) is 427 Å². The van der Waals surface area contributed by atoms with Crippen LogP contribution in [0.3, 0.4) is 0 Å². The van der Waals surface area contributed by atoms with E-state index in [0.717, 1.165) is 0 Å². The summed E-state index contributed by atoms with van der Waals surface area (Å²) in [7, 11) is 0. The molecule has 0 radical (unpaired) electrons. The van der Waals surface area contributed by atoms with E-state index in [4.69, 9.17) is 22.9 Å². The average Bonchev–Trinajstić information content (AvgIpc) is 3.29. The predicted molar refractivity (Wildman–Crippen MR) is 267 cm³/mol. The van der Waals surface area contributed by atoms with Crippen molar-refractivity contribution in [1.82, 2.24) is 48.1 Å². The molecule has 0 spiro atoms. The Kier molecular flexibility index (Phi) is 29.9. The first kappa shape index (κ1) is 64.0. The monoisotopic (exact) mass is 1020 g/mol. The van der Waals surface area contributed by atoms with Crippen molar-refractivity contribution >= 4 is 53.2 Å². The lowest BCUT2D eigenvalue weighted by molar-refractivity contribution is -0.139. The first-order chi connectivity index (χ1) is 33.8. The first-order valence-electron chi connectivity index (χ1n) is 24.6. The first-order valence-corrected chi connectivity index (χ1v) is 24.6. The molecule has 0 heterocycles. The fourth-order valence-corrected chi connectivity index (χ4v) is 7.37. The highest BCUT2D eigenvalue weighted by Crippen LogP contribution is 2.15. The molecule has 25 heteroatoms. The van der Waals surface area contributed by atoms with Crippen molar-refractivity contribution < 1.29 is 58.5 Å². The highest BCUT2D eigenvalue weighted by molar-refractivity contribution is 5.95. The molecule has 0 aliphatic heterocycles. The number of carboxylic acid groups (broad SMARTS) is 1. The number of amides is 8. The molecule has 0 aromatic heterocycles. The maximum Gasteiger partial charge on any atom is 0.303 e. The Morgan fingerprint density at radius 1 is 0.611 bits per heavy atom. The van der Waals surface area contributed by atoms with Crippen LogP contribution in [0.25, 0.3) is 0 Å². The summed E-state index contributed by atoms with van der Waals surface area (Å²) in [6.07, 6.45) is -1.72. The molecule has 0 fully saturated rings. The summed E-state index contributed by atoms with van der Waals surface area (Å²) in [6, 6.07) is -4.08. The third kappa shape index (κ3) is 24.9. The minimum absolute atomic E-state index is 0.00901. The smallest absolute Gasteiger partial charge is 0.303 e. The molecule has 25 nitrogen and oxygen atoms in total. The number of phenols is 1. The summed E-state index contributed by atoms with van der Waals surface area (Å²) in [6.45, 7) is 13.0. The highest BCUT2D eigenvalue weighted by atomic mass is 16.4. The second kappa shape index (κ2) is 33.6. The van der Waals surface area contributed by atoms with E-state index in [1.165, 1.54) is 12.1 Å². The standard InChI is InChI=1S/C47H83N13O12/c1-8-30(40(51)65)53-44(69)35(23-28-12-14-29(61)15-13-28)58-47(72)39(27(6)7)59-46(71)34(22-26(4)5)56-45(70)36(24-37(50)62)57-43(68)33(21-25(2)3)55-41(66)31(16-17-38(63)64)54-42(67)32(11-9-10-18-48)60-52-20-19-49/h12-15,25-27,30-36,39,45,52,56,60-61,70H,8-11,16-24,48-49H2,1-7H3,(H2,50,62)(H2,51,65)(H,53,69)(H,54,67)(H,55,66)(H,57,68)(H,58,72)(H,59,71)(H,63,64). The van der Waals surface area contributed by atoms with E-state index in [1.807, 2.05) is 0 Å². The van der Waals surface area contributed by atoms with Crippen molar-refractivity contribution in [2.75, 3.05) is 19.6 Å². The number of nitrogens with one attached hydrogen (secondary N) is 9. The number of hydrazine groups is 1. The second-order valence-corrected chi connectivity index (χ2v) is 19.0. The molecule has 0 saturated carbocycles. The molecule has 20 N–H and O–H groups in total. The van der Waals surface area contributed by atoms with Crippen LogP contribution in [0, 0.1) is 17.8 Å².